The molecule has 10 nitrogen and oxygen atoms in total. The molecule has 0 aromatic rings. The first-order valence-electron chi connectivity index (χ1n) is 4.27. The Kier molecular flexibility index (Phi) is 6.24. The fourth-order valence-electron chi connectivity index (χ4n) is 0.717. The summed E-state index contributed by atoms with van der Waals surface area (Å²) < 4.78 is 14.3. The highest BCUT2D eigenvalue weighted by molar-refractivity contribution is 7.46. The van der Waals surface area contributed by atoms with E-state index in [1.807, 2.05) is 5.32 Å². The highest BCUT2D eigenvalue weighted by atomic mass is 31.2. The van der Waals surface area contributed by atoms with Gasteiger partial charge in [-0.3, -0.25) is 9.32 Å². The lowest BCUT2D eigenvalue weighted by Crippen LogP contribution is -2.51. The molecule has 0 rings (SSSR count). The molecule has 0 aliphatic rings. The summed E-state index contributed by atoms with van der Waals surface area (Å²) in [7, 11) is -4.75. The number of aliphatic carboxylic acids is 1. The van der Waals surface area contributed by atoms with Gasteiger partial charge in [0.25, 0.3) is 0 Å². The molecule has 0 aromatic heterocycles. The fourth-order valence-corrected chi connectivity index (χ4v) is 1.07. The van der Waals surface area contributed by atoms with Crippen molar-refractivity contribution in [2.24, 2.45) is 5.73 Å². The molecule has 0 fully saturated rings. The summed E-state index contributed by atoms with van der Waals surface area (Å²) in [6, 6.07) is -3.00. The summed E-state index contributed by atoms with van der Waals surface area (Å²) >= 11 is 0. The summed E-state index contributed by atoms with van der Waals surface area (Å²) in [5.74, 6) is -2.48. The number of carbonyl (C=O) groups is 2. The number of amides is 1. The van der Waals surface area contributed by atoms with Crippen LogP contribution in [0.2, 0.25) is 0 Å². The van der Waals surface area contributed by atoms with Crippen molar-refractivity contribution in [3.05, 3.63) is 0 Å². The van der Waals surface area contributed by atoms with Gasteiger partial charge in [0.2, 0.25) is 5.91 Å². The molecule has 0 heterocycles. The van der Waals surface area contributed by atoms with Crippen LogP contribution in [-0.2, 0) is 18.7 Å². The molecule has 0 saturated heterocycles. The van der Waals surface area contributed by atoms with Crippen LogP contribution < -0.4 is 11.1 Å². The van der Waals surface area contributed by atoms with E-state index in [4.69, 9.17) is 25.7 Å². The van der Waals surface area contributed by atoms with Crippen molar-refractivity contribution in [3.63, 3.8) is 0 Å². The van der Waals surface area contributed by atoms with Crippen molar-refractivity contribution in [3.8, 4) is 0 Å². The first-order chi connectivity index (χ1) is 7.67. The van der Waals surface area contributed by atoms with Crippen LogP contribution in [-0.4, -0.2) is 57.2 Å². The maximum Gasteiger partial charge on any atom is 0.469 e. The third-order valence-corrected chi connectivity index (χ3v) is 2.04. The highest BCUT2D eigenvalue weighted by Crippen LogP contribution is 2.35. The van der Waals surface area contributed by atoms with Crippen molar-refractivity contribution in [1.29, 1.82) is 0 Å². The molecule has 1 amide bonds. The maximum absolute atomic E-state index is 11.2. The van der Waals surface area contributed by atoms with Gasteiger partial charge in [-0.1, -0.05) is 0 Å². The third kappa shape index (κ3) is 7.00. The van der Waals surface area contributed by atoms with E-state index in [1.165, 1.54) is 0 Å². The number of carboxylic acids is 1. The number of hydrogen-bond acceptors (Lipinski definition) is 6. The summed E-state index contributed by atoms with van der Waals surface area (Å²) in [4.78, 5) is 38.3. The second-order valence-electron chi connectivity index (χ2n) is 2.97. The smallest absolute Gasteiger partial charge is 0.469 e. The molecule has 100 valence electrons. The zero-order valence-electron chi connectivity index (χ0n) is 8.52. The Morgan fingerprint density at radius 2 is 1.94 bits per heavy atom. The number of carbonyl (C=O) groups excluding carboxylic acids is 1. The van der Waals surface area contributed by atoms with Crippen LogP contribution in [0, 0.1) is 0 Å². The Morgan fingerprint density at radius 1 is 1.41 bits per heavy atom. The minimum absolute atomic E-state index is 0.784. The first kappa shape index (κ1) is 16.0. The van der Waals surface area contributed by atoms with Crippen LogP contribution >= 0.6 is 7.82 Å². The van der Waals surface area contributed by atoms with Gasteiger partial charge < -0.3 is 31.1 Å². The number of aliphatic hydroxyl groups is 1. The van der Waals surface area contributed by atoms with Gasteiger partial charge in [0.05, 0.1) is 13.2 Å². The van der Waals surface area contributed by atoms with Crippen LogP contribution in [0.4, 0.5) is 0 Å². The summed E-state index contributed by atoms with van der Waals surface area (Å²) in [6.07, 6.45) is 0. The molecule has 0 aromatic carbocycles. The summed E-state index contributed by atoms with van der Waals surface area (Å²) in [5, 5.41) is 18.9. The minimum Gasteiger partial charge on any atom is -0.480 e. The topological polar surface area (TPSA) is 179 Å². The van der Waals surface area contributed by atoms with Crippen molar-refractivity contribution >= 4 is 19.7 Å². The average Bonchev–Trinajstić information content (AvgIpc) is 2.20. The number of carboxylic acid groups (broad SMARTS) is 1. The van der Waals surface area contributed by atoms with Gasteiger partial charge >= 0.3 is 13.8 Å². The molecule has 0 spiro atoms. The molecule has 2 unspecified atom stereocenters. The normalized spacial score (nSPS) is 15.1. The Labute approximate surface area is 95.6 Å². The Bertz CT molecular complexity index is 328. The van der Waals surface area contributed by atoms with Crippen LogP contribution in [0.5, 0.6) is 0 Å². The van der Waals surface area contributed by atoms with Crippen LogP contribution in [0.3, 0.4) is 0 Å². The molecule has 17 heavy (non-hydrogen) atoms. The van der Waals surface area contributed by atoms with Gasteiger partial charge in [0, 0.05) is 0 Å². The Balaban J connectivity index is 4.22. The third-order valence-electron chi connectivity index (χ3n) is 1.56. The molecule has 0 radical (unpaired) electrons. The van der Waals surface area contributed by atoms with E-state index < -0.39 is 45.0 Å². The van der Waals surface area contributed by atoms with Crippen LogP contribution in [0.25, 0.3) is 0 Å². The van der Waals surface area contributed by atoms with Crippen molar-refractivity contribution in [2.75, 3.05) is 13.2 Å². The molecule has 0 aliphatic carbocycles. The number of aliphatic hydroxyl groups excluding tert-OH is 1. The number of hydrogen-bond donors (Lipinski definition) is 6. The zero-order valence-corrected chi connectivity index (χ0v) is 9.41. The lowest BCUT2D eigenvalue weighted by Gasteiger charge is -2.16. The van der Waals surface area contributed by atoms with Gasteiger partial charge in [0.1, 0.15) is 12.1 Å². The van der Waals surface area contributed by atoms with E-state index in [0.717, 1.165) is 0 Å². The fraction of sp³-hybridized carbons (Fsp3) is 0.667. The molecular weight excluding hydrogens is 259 g/mol. The van der Waals surface area contributed by atoms with Gasteiger partial charge in [-0.05, 0) is 0 Å². The van der Waals surface area contributed by atoms with Gasteiger partial charge in [-0.2, -0.15) is 0 Å². The number of nitrogens with two attached hydrogens (primary N) is 1. The molecular formula is C6H13N2O8P. The molecule has 0 aliphatic heterocycles. The molecule has 7 N–H and O–H groups in total. The maximum atomic E-state index is 11.2. The first-order valence-corrected chi connectivity index (χ1v) is 5.80. The van der Waals surface area contributed by atoms with E-state index in [2.05, 4.69) is 4.52 Å². The molecule has 0 saturated carbocycles. The largest absolute Gasteiger partial charge is 0.480 e. The van der Waals surface area contributed by atoms with Crippen molar-refractivity contribution in [1.82, 2.24) is 5.32 Å². The Hall–Kier alpha value is -1.03. The Morgan fingerprint density at radius 3 is 2.29 bits per heavy atom. The van der Waals surface area contributed by atoms with Crippen LogP contribution in [0.15, 0.2) is 0 Å². The van der Waals surface area contributed by atoms with E-state index in [1.54, 1.807) is 0 Å². The zero-order chi connectivity index (χ0) is 13.6. The van der Waals surface area contributed by atoms with E-state index in [-0.39, 0.29) is 0 Å². The van der Waals surface area contributed by atoms with E-state index >= 15 is 0 Å². The number of nitrogens with one attached hydrogen (secondary N) is 1. The predicted octanol–water partition coefficient (Wildman–Crippen LogP) is -3.02. The molecule has 11 heteroatoms. The van der Waals surface area contributed by atoms with Gasteiger partial charge in [0.15, 0.2) is 0 Å². The van der Waals surface area contributed by atoms with E-state index in [0.29, 0.717) is 0 Å². The number of phosphoric ester groups is 1. The van der Waals surface area contributed by atoms with Gasteiger partial charge in [-0.25, -0.2) is 9.36 Å². The highest BCUT2D eigenvalue weighted by Gasteiger charge is 2.24. The monoisotopic (exact) mass is 272 g/mol. The lowest BCUT2D eigenvalue weighted by atomic mass is 10.2. The number of rotatable bonds is 7. The van der Waals surface area contributed by atoms with Crippen molar-refractivity contribution < 1.29 is 38.7 Å². The standard InChI is InChI=1S/C6H13N2O8P/c7-3(2-16-17(13,14)15)5(10)8-4(1-9)6(11)12/h3-4,9H,1-2,7H2,(H,8,10)(H,11,12)(H2,13,14,15). The predicted molar refractivity (Wildman–Crippen MR) is 52.6 cm³/mol. The second kappa shape index (κ2) is 6.64. The van der Waals surface area contributed by atoms with Gasteiger partial charge in [-0.15, -0.1) is 0 Å². The lowest BCUT2D eigenvalue weighted by molar-refractivity contribution is -0.143. The minimum atomic E-state index is -4.75. The SMILES string of the molecule is NC(COP(=O)(O)O)C(=O)NC(CO)C(=O)O. The molecule has 2 atom stereocenters. The second-order valence-corrected chi connectivity index (χ2v) is 4.21. The quantitative estimate of drug-likeness (QED) is 0.263. The summed E-state index contributed by atoms with van der Waals surface area (Å²) in [5.41, 5.74) is 5.17. The summed E-state index contributed by atoms with van der Waals surface area (Å²) in [6.45, 7) is -1.62. The molecule has 0 bridgehead atoms. The number of phosphoric acid groups is 1. The van der Waals surface area contributed by atoms with Crippen LogP contribution in [0.1, 0.15) is 0 Å². The van der Waals surface area contributed by atoms with E-state index in [9.17, 15) is 14.2 Å². The average molecular weight is 272 g/mol. The van der Waals surface area contributed by atoms with Crippen molar-refractivity contribution in [2.45, 2.75) is 12.1 Å².